The first-order chi connectivity index (χ1) is 8.55. The lowest BCUT2D eigenvalue weighted by Crippen LogP contribution is -2.51. The summed E-state index contributed by atoms with van der Waals surface area (Å²) >= 11 is 0. The third-order valence-corrected chi connectivity index (χ3v) is 3.39. The van der Waals surface area contributed by atoms with Gasteiger partial charge in [-0.2, -0.15) is 0 Å². The Morgan fingerprint density at radius 2 is 2.28 bits per heavy atom. The van der Waals surface area contributed by atoms with Crippen molar-refractivity contribution in [1.29, 1.82) is 0 Å². The van der Waals surface area contributed by atoms with Crippen LogP contribution in [-0.4, -0.2) is 49.8 Å². The van der Waals surface area contributed by atoms with Gasteiger partial charge in [0.15, 0.2) is 6.04 Å². The van der Waals surface area contributed by atoms with Crippen LogP contribution in [0.3, 0.4) is 0 Å². The fourth-order valence-electron chi connectivity index (χ4n) is 2.40. The molecule has 0 spiro atoms. The molecular weight excluding hydrogens is 236 g/mol. The zero-order chi connectivity index (χ0) is 13.6. The number of carboxylic acid groups (broad SMARTS) is 1. The topological polar surface area (TPSA) is 87.7 Å². The first-order valence-corrected chi connectivity index (χ1v) is 6.29. The maximum Gasteiger partial charge on any atom is 0.328 e. The molecule has 1 amide bonds. The van der Waals surface area contributed by atoms with Crippen molar-refractivity contribution in [2.24, 2.45) is 5.41 Å². The van der Waals surface area contributed by atoms with E-state index in [1.54, 1.807) is 0 Å². The third-order valence-electron chi connectivity index (χ3n) is 3.39. The van der Waals surface area contributed by atoms with Crippen LogP contribution >= 0.6 is 0 Å². The highest BCUT2D eigenvalue weighted by molar-refractivity contribution is 5.88. The summed E-state index contributed by atoms with van der Waals surface area (Å²) in [4.78, 5) is 23.3. The van der Waals surface area contributed by atoms with Gasteiger partial charge < -0.3 is 20.5 Å². The molecule has 18 heavy (non-hydrogen) atoms. The van der Waals surface area contributed by atoms with Gasteiger partial charge in [0.2, 0.25) is 5.91 Å². The maximum absolute atomic E-state index is 12.3. The van der Waals surface area contributed by atoms with E-state index in [2.05, 4.69) is 10.6 Å². The molecule has 0 aromatic carbocycles. The van der Waals surface area contributed by atoms with E-state index in [1.807, 2.05) is 6.92 Å². The Morgan fingerprint density at radius 1 is 1.56 bits per heavy atom. The Hall–Kier alpha value is -1.14. The van der Waals surface area contributed by atoms with Crippen molar-refractivity contribution in [1.82, 2.24) is 10.6 Å². The summed E-state index contributed by atoms with van der Waals surface area (Å²) in [6.45, 7) is 3.43. The molecule has 0 aromatic rings. The van der Waals surface area contributed by atoms with Crippen LogP contribution in [-0.2, 0) is 14.3 Å². The number of carbonyl (C=O) groups excluding carboxylic acids is 1. The van der Waals surface area contributed by atoms with Gasteiger partial charge in [-0.15, -0.1) is 0 Å². The average Bonchev–Trinajstić information content (AvgIpc) is 2.78. The number of carboxylic acids is 1. The summed E-state index contributed by atoms with van der Waals surface area (Å²) in [7, 11) is 1.42. The molecule has 0 radical (unpaired) electrons. The Balaban J connectivity index is 2.68. The molecule has 1 fully saturated rings. The van der Waals surface area contributed by atoms with Crippen molar-refractivity contribution < 1.29 is 19.4 Å². The highest BCUT2D eigenvalue weighted by atomic mass is 16.5. The fraction of sp³-hybridized carbons (Fsp3) is 0.833. The Labute approximate surface area is 107 Å². The standard InChI is InChI=1S/C12H22N2O4/c1-3-4-12(5-6-13-8-12)11(17)14-9(7-18-2)10(15)16/h9,13H,3-8H2,1-2H3,(H,14,17)(H,15,16). The van der Waals surface area contributed by atoms with Crippen molar-refractivity contribution in [3.8, 4) is 0 Å². The van der Waals surface area contributed by atoms with E-state index >= 15 is 0 Å². The predicted octanol–water partition coefficient (Wildman–Crippen LogP) is -0.0180. The van der Waals surface area contributed by atoms with E-state index in [0.717, 1.165) is 25.8 Å². The molecule has 0 bridgehead atoms. The van der Waals surface area contributed by atoms with Crippen LogP contribution in [0.25, 0.3) is 0 Å². The summed E-state index contributed by atoms with van der Waals surface area (Å²) < 4.78 is 4.81. The van der Waals surface area contributed by atoms with E-state index in [-0.39, 0.29) is 12.5 Å². The van der Waals surface area contributed by atoms with Crippen molar-refractivity contribution in [3.63, 3.8) is 0 Å². The lowest BCUT2D eigenvalue weighted by molar-refractivity contribution is -0.145. The minimum absolute atomic E-state index is 0.0172. The Morgan fingerprint density at radius 3 is 2.72 bits per heavy atom. The smallest absolute Gasteiger partial charge is 0.328 e. The number of hydrogen-bond acceptors (Lipinski definition) is 4. The van der Waals surface area contributed by atoms with Crippen LogP contribution in [0.2, 0.25) is 0 Å². The molecule has 6 heteroatoms. The minimum atomic E-state index is -1.07. The van der Waals surface area contributed by atoms with Gasteiger partial charge in [-0.25, -0.2) is 4.79 Å². The highest BCUT2D eigenvalue weighted by Crippen LogP contribution is 2.31. The summed E-state index contributed by atoms with van der Waals surface area (Å²) in [5.74, 6) is -1.25. The van der Waals surface area contributed by atoms with Gasteiger partial charge in [0.1, 0.15) is 0 Å². The molecular formula is C12H22N2O4. The molecule has 1 saturated heterocycles. The Kier molecular flexibility index (Phi) is 5.55. The zero-order valence-electron chi connectivity index (χ0n) is 11.0. The third kappa shape index (κ3) is 3.43. The molecule has 0 aliphatic carbocycles. The van der Waals surface area contributed by atoms with E-state index < -0.39 is 17.4 Å². The van der Waals surface area contributed by atoms with Gasteiger partial charge >= 0.3 is 5.97 Å². The average molecular weight is 258 g/mol. The van der Waals surface area contributed by atoms with Gasteiger partial charge in [0, 0.05) is 13.7 Å². The lowest BCUT2D eigenvalue weighted by Gasteiger charge is -2.28. The summed E-state index contributed by atoms with van der Waals surface area (Å²) in [6, 6.07) is -0.975. The molecule has 0 aromatic heterocycles. The molecule has 1 heterocycles. The summed E-state index contributed by atoms with van der Waals surface area (Å²) in [5, 5.41) is 14.8. The number of methoxy groups -OCH3 is 1. The second-order valence-corrected chi connectivity index (χ2v) is 4.78. The zero-order valence-corrected chi connectivity index (χ0v) is 11.0. The van der Waals surface area contributed by atoms with E-state index in [9.17, 15) is 9.59 Å². The van der Waals surface area contributed by atoms with E-state index in [1.165, 1.54) is 7.11 Å². The van der Waals surface area contributed by atoms with Gasteiger partial charge in [-0.05, 0) is 19.4 Å². The van der Waals surface area contributed by atoms with Gasteiger partial charge in [-0.1, -0.05) is 13.3 Å². The highest BCUT2D eigenvalue weighted by Gasteiger charge is 2.41. The second-order valence-electron chi connectivity index (χ2n) is 4.78. The summed E-state index contributed by atoms with van der Waals surface area (Å²) in [5.41, 5.74) is -0.462. The molecule has 104 valence electrons. The predicted molar refractivity (Wildman–Crippen MR) is 66.3 cm³/mol. The minimum Gasteiger partial charge on any atom is -0.480 e. The quantitative estimate of drug-likeness (QED) is 0.597. The van der Waals surface area contributed by atoms with E-state index in [0.29, 0.717) is 6.54 Å². The maximum atomic E-state index is 12.3. The normalized spacial score (nSPS) is 24.8. The molecule has 0 saturated carbocycles. The molecule has 1 rings (SSSR count). The van der Waals surface area contributed by atoms with Crippen molar-refractivity contribution in [2.75, 3.05) is 26.8 Å². The van der Waals surface area contributed by atoms with E-state index in [4.69, 9.17) is 9.84 Å². The SMILES string of the molecule is CCCC1(C(=O)NC(COC)C(=O)O)CCNC1. The molecule has 1 aliphatic heterocycles. The molecule has 2 atom stereocenters. The first kappa shape index (κ1) is 14.9. The number of nitrogens with one attached hydrogen (secondary N) is 2. The van der Waals surface area contributed by atoms with Gasteiger partial charge in [0.05, 0.1) is 12.0 Å². The van der Waals surface area contributed by atoms with Gasteiger partial charge in [-0.3, -0.25) is 4.79 Å². The fourth-order valence-corrected chi connectivity index (χ4v) is 2.40. The van der Waals surface area contributed by atoms with Gasteiger partial charge in [0.25, 0.3) is 0 Å². The van der Waals surface area contributed by atoms with Crippen LogP contribution in [0.1, 0.15) is 26.2 Å². The molecule has 1 aliphatic rings. The van der Waals surface area contributed by atoms with Crippen molar-refractivity contribution in [3.05, 3.63) is 0 Å². The first-order valence-electron chi connectivity index (χ1n) is 6.29. The molecule has 2 unspecified atom stereocenters. The molecule has 3 N–H and O–H groups in total. The number of aliphatic carboxylic acids is 1. The lowest BCUT2D eigenvalue weighted by atomic mass is 9.81. The number of rotatable bonds is 7. The Bertz CT molecular complexity index is 300. The van der Waals surface area contributed by atoms with Crippen LogP contribution in [0.15, 0.2) is 0 Å². The van der Waals surface area contributed by atoms with Crippen LogP contribution in [0.4, 0.5) is 0 Å². The summed E-state index contributed by atoms with van der Waals surface area (Å²) in [6.07, 6.45) is 2.42. The largest absolute Gasteiger partial charge is 0.480 e. The number of amides is 1. The second kappa shape index (κ2) is 6.70. The van der Waals surface area contributed by atoms with Crippen LogP contribution in [0, 0.1) is 5.41 Å². The molecule has 6 nitrogen and oxygen atoms in total. The monoisotopic (exact) mass is 258 g/mol. The number of hydrogen-bond donors (Lipinski definition) is 3. The van der Waals surface area contributed by atoms with Crippen LogP contribution < -0.4 is 10.6 Å². The van der Waals surface area contributed by atoms with Crippen LogP contribution in [0.5, 0.6) is 0 Å². The number of ether oxygens (including phenoxy) is 1. The number of carbonyl (C=O) groups is 2. The van der Waals surface area contributed by atoms with Crippen molar-refractivity contribution >= 4 is 11.9 Å². The van der Waals surface area contributed by atoms with Crippen molar-refractivity contribution in [2.45, 2.75) is 32.2 Å².